The van der Waals surface area contributed by atoms with Gasteiger partial charge in [-0.2, -0.15) is 11.8 Å². The molecule has 0 unspecified atom stereocenters. The molecular formula is C17H25NO4S. The summed E-state index contributed by atoms with van der Waals surface area (Å²) in [5.41, 5.74) is 2.54. The quantitative estimate of drug-likeness (QED) is 0.564. The van der Waals surface area contributed by atoms with Crippen LogP contribution in [0, 0.1) is 19.8 Å². The van der Waals surface area contributed by atoms with Gasteiger partial charge < -0.3 is 14.0 Å². The molecule has 0 spiro atoms. The van der Waals surface area contributed by atoms with E-state index in [1.54, 1.807) is 7.11 Å². The number of hydrogen-bond donors (Lipinski definition) is 0. The molecule has 0 aliphatic carbocycles. The van der Waals surface area contributed by atoms with Crippen molar-refractivity contribution in [2.24, 2.45) is 5.92 Å². The molecule has 1 aliphatic heterocycles. The van der Waals surface area contributed by atoms with Gasteiger partial charge in [0.1, 0.15) is 0 Å². The summed E-state index contributed by atoms with van der Waals surface area (Å²) >= 11 is 1.86. The highest BCUT2D eigenvalue weighted by Crippen LogP contribution is 2.24. The third-order valence-electron chi connectivity index (χ3n) is 4.29. The molecule has 0 bridgehead atoms. The molecule has 0 N–H and O–H groups in total. The Hall–Kier alpha value is -1.27. The number of esters is 1. The molecule has 0 amide bonds. The van der Waals surface area contributed by atoms with E-state index in [2.05, 4.69) is 4.57 Å². The molecule has 0 saturated carbocycles. The summed E-state index contributed by atoms with van der Waals surface area (Å²) in [5.74, 6) is 1.58. The fraction of sp³-hybridized carbons (Fsp3) is 0.647. The number of carbonyl (C=O) groups is 2. The van der Waals surface area contributed by atoms with Gasteiger partial charge in [-0.05, 0) is 44.3 Å². The van der Waals surface area contributed by atoms with Crippen LogP contribution in [0.15, 0.2) is 6.07 Å². The van der Waals surface area contributed by atoms with E-state index in [-0.39, 0.29) is 24.3 Å². The fourth-order valence-corrected chi connectivity index (χ4v) is 3.98. The van der Waals surface area contributed by atoms with E-state index in [0.717, 1.165) is 35.7 Å². The minimum Gasteiger partial charge on any atom is -0.457 e. The van der Waals surface area contributed by atoms with Crippen LogP contribution in [0.5, 0.6) is 0 Å². The van der Waals surface area contributed by atoms with Gasteiger partial charge in [-0.15, -0.1) is 0 Å². The van der Waals surface area contributed by atoms with Gasteiger partial charge in [-0.1, -0.05) is 0 Å². The third-order valence-corrected chi connectivity index (χ3v) is 5.34. The number of methoxy groups -OCH3 is 1. The molecule has 23 heavy (non-hydrogen) atoms. The van der Waals surface area contributed by atoms with Crippen molar-refractivity contribution < 1.29 is 19.1 Å². The van der Waals surface area contributed by atoms with Gasteiger partial charge in [0.15, 0.2) is 6.61 Å². The highest BCUT2D eigenvalue weighted by atomic mass is 32.2. The zero-order chi connectivity index (χ0) is 16.8. The summed E-state index contributed by atoms with van der Waals surface area (Å²) in [6.45, 7) is 5.01. The molecule has 1 saturated heterocycles. The average Bonchev–Trinajstić information content (AvgIpc) is 2.85. The van der Waals surface area contributed by atoms with E-state index in [4.69, 9.17) is 9.47 Å². The van der Waals surface area contributed by atoms with E-state index in [9.17, 15) is 9.59 Å². The maximum atomic E-state index is 12.4. The Morgan fingerprint density at radius 3 is 2.65 bits per heavy atom. The van der Waals surface area contributed by atoms with Gasteiger partial charge in [-0.3, -0.25) is 9.59 Å². The first-order valence-corrected chi connectivity index (χ1v) is 9.13. The topological polar surface area (TPSA) is 57.5 Å². The number of Topliss-reactive ketones (excluding diaryl/α,β-unsaturated/α-hetero) is 1. The number of ether oxygens (including phenoxy) is 2. The molecule has 128 valence electrons. The lowest BCUT2D eigenvalue weighted by Crippen LogP contribution is -2.24. The van der Waals surface area contributed by atoms with E-state index in [1.165, 1.54) is 0 Å². The third kappa shape index (κ3) is 4.61. The summed E-state index contributed by atoms with van der Waals surface area (Å²) in [7, 11) is 1.66. The van der Waals surface area contributed by atoms with Crippen molar-refractivity contribution in [2.45, 2.75) is 33.2 Å². The van der Waals surface area contributed by atoms with Crippen LogP contribution in [-0.4, -0.2) is 48.1 Å². The van der Waals surface area contributed by atoms with Crippen molar-refractivity contribution in [3.05, 3.63) is 23.0 Å². The maximum absolute atomic E-state index is 12.4. The van der Waals surface area contributed by atoms with Crippen molar-refractivity contribution in [1.82, 2.24) is 4.57 Å². The summed E-state index contributed by atoms with van der Waals surface area (Å²) in [6.07, 6.45) is 1.70. The zero-order valence-electron chi connectivity index (χ0n) is 14.1. The first-order chi connectivity index (χ1) is 11.0. The largest absolute Gasteiger partial charge is 0.457 e. The highest BCUT2D eigenvalue weighted by Gasteiger charge is 2.24. The fourth-order valence-electron chi connectivity index (χ4n) is 2.88. The predicted octanol–water partition coefficient (Wildman–Crippen LogP) is 2.62. The summed E-state index contributed by atoms with van der Waals surface area (Å²) in [5, 5.41) is 0. The number of rotatable bonds is 7. The molecule has 5 nitrogen and oxygen atoms in total. The normalized spacial score (nSPS) is 15.6. The van der Waals surface area contributed by atoms with Gasteiger partial charge in [0, 0.05) is 30.6 Å². The molecule has 0 radical (unpaired) electrons. The van der Waals surface area contributed by atoms with Crippen LogP contribution in [0.4, 0.5) is 0 Å². The minimum atomic E-state index is -0.230. The van der Waals surface area contributed by atoms with Gasteiger partial charge in [0.25, 0.3) is 0 Å². The Bertz CT molecular complexity index is 561. The molecule has 6 heteroatoms. The molecule has 1 fully saturated rings. The van der Waals surface area contributed by atoms with Crippen molar-refractivity contribution in [3.8, 4) is 0 Å². The lowest BCUT2D eigenvalue weighted by atomic mass is 10.0. The predicted molar refractivity (Wildman–Crippen MR) is 91.1 cm³/mol. The smallest absolute Gasteiger partial charge is 0.309 e. The summed E-state index contributed by atoms with van der Waals surface area (Å²) in [6, 6.07) is 1.86. The Balaban J connectivity index is 1.94. The van der Waals surface area contributed by atoms with Crippen LogP contribution < -0.4 is 0 Å². The molecule has 0 aromatic carbocycles. The molecule has 0 atom stereocenters. The lowest BCUT2D eigenvalue weighted by molar-refractivity contribution is -0.147. The number of aryl methyl sites for hydroxylation is 1. The number of nitrogens with zero attached hydrogens (tertiary/aromatic N) is 1. The first kappa shape index (κ1) is 18.1. The summed E-state index contributed by atoms with van der Waals surface area (Å²) < 4.78 is 12.4. The Labute approximate surface area is 141 Å². The minimum absolute atomic E-state index is 0.0433. The average molecular weight is 339 g/mol. The maximum Gasteiger partial charge on any atom is 0.309 e. The Morgan fingerprint density at radius 2 is 2.00 bits per heavy atom. The van der Waals surface area contributed by atoms with Crippen molar-refractivity contribution >= 4 is 23.5 Å². The van der Waals surface area contributed by atoms with Crippen molar-refractivity contribution in [1.29, 1.82) is 0 Å². The van der Waals surface area contributed by atoms with Crippen LogP contribution in [-0.2, 0) is 20.8 Å². The second-order valence-electron chi connectivity index (χ2n) is 5.85. The molecular weight excluding hydrogens is 314 g/mol. The lowest BCUT2D eigenvalue weighted by Gasteiger charge is -2.19. The molecule has 1 aromatic rings. The zero-order valence-corrected chi connectivity index (χ0v) is 14.9. The number of ketones is 1. The Kier molecular flexibility index (Phi) is 6.72. The van der Waals surface area contributed by atoms with Crippen LogP contribution in [0.2, 0.25) is 0 Å². The SMILES string of the molecule is COCCn1c(C)cc(C(=O)COC(=O)C2CCSCC2)c1C. The van der Waals surface area contributed by atoms with Crippen LogP contribution in [0.3, 0.4) is 0 Å². The van der Waals surface area contributed by atoms with Gasteiger partial charge in [0.05, 0.1) is 12.5 Å². The van der Waals surface area contributed by atoms with Gasteiger partial charge in [-0.25, -0.2) is 0 Å². The molecule has 1 aliphatic rings. The highest BCUT2D eigenvalue weighted by molar-refractivity contribution is 7.99. The number of aromatic nitrogens is 1. The molecule has 1 aromatic heterocycles. The van der Waals surface area contributed by atoms with E-state index < -0.39 is 0 Å². The number of thioether (sulfide) groups is 1. The number of carbonyl (C=O) groups excluding carboxylic acids is 2. The molecule has 2 rings (SSSR count). The second-order valence-corrected chi connectivity index (χ2v) is 7.07. The van der Waals surface area contributed by atoms with Crippen LogP contribution in [0.25, 0.3) is 0 Å². The van der Waals surface area contributed by atoms with E-state index in [0.29, 0.717) is 18.7 Å². The van der Waals surface area contributed by atoms with Crippen molar-refractivity contribution in [2.75, 3.05) is 31.8 Å². The monoisotopic (exact) mass is 339 g/mol. The first-order valence-electron chi connectivity index (χ1n) is 7.97. The Morgan fingerprint density at radius 1 is 1.30 bits per heavy atom. The summed E-state index contributed by atoms with van der Waals surface area (Å²) in [4.78, 5) is 24.4. The van der Waals surface area contributed by atoms with E-state index in [1.807, 2.05) is 31.7 Å². The van der Waals surface area contributed by atoms with E-state index >= 15 is 0 Å². The second kappa shape index (κ2) is 8.55. The number of hydrogen-bond acceptors (Lipinski definition) is 5. The standard InChI is InChI=1S/C17H25NO4S/c1-12-10-15(13(2)18(12)6-7-21-3)16(19)11-22-17(20)14-4-8-23-9-5-14/h10,14H,4-9,11H2,1-3H3. The molecule has 2 heterocycles. The van der Waals surface area contributed by atoms with Crippen molar-refractivity contribution in [3.63, 3.8) is 0 Å². The van der Waals surface area contributed by atoms with Crippen LogP contribution in [0.1, 0.15) is 34.6 Å². The van der Waals surface area contributed by atoms with Gasteiger partial charge in [0.2, 0.25) is 5.78 Å². The van der Waals surface area contributed by atoms with Gasteiger partial charge >= 0.3 is 5.97 Å². The van der Waals surface area contributed by atoms with Crippen LogP contribution >= 0.6 is 11.8 Å².